The van der Waals surface area contributed by atoms with Crippen molar-refractivity contribution in [2.45, 2.75) is 64.7 Å². The van der Waals surface area contributed by atoms with Crippen LogP contribution in [0.1, 0.15) is 63.4 Å². The summed E-state index contributed by atoms with van der Waals surface area (Å²) in [5.74, 6) is -0.438. The van der Waals surface area contributed by atoms with Gasteiger partial charge in [0.15, 0.2) is 0 Å². The molecule has 1 aliphatic rings. The Morgan fingerprint density at radius 1 is 1.04 bits per heavy atom. The molecule has 2 N–H and O–H groups in total. The maximum atomic E-state index is 12.0. The molecule has 0 heterocycles. The van der Waals surface area contributed by atoms with Gasteiger partial charge in [-0.3, -0.25) is 9.59 Å². The maximum Gasteiger partial charge on any atom is 0.240 e. The summed E-state index contributed by atoms with van der Waals surface area (Å²) in [6, 6.07) is 5.34. The average molecular weight is 364 g/mol. The third-order valence-corrected chi connectivity index (χ3v) is 4.80. The van der Waals surface area contributed by atoms with Crippen LogP contribution < -0.4 is 10.7 Å². The normalized spacial score (nSPS) is 15.0. The molecule has 0 unspecified atom stereocenters. The van der Waals surface area contributed by atoms with Gasteiger partial charge in [0.25, 0.3) is 0 Å². The summed E-state index contributed by atoms with van der Waals surface area (Å²) in [6.07, 6.45) is 8.16. The highest BCUT2D eigenvalue weighted by molar-refractivity contribution is 6.31. The first-order valence-corrected chi connectivity index (χ1v) is 9.33. The average Bonchev–Trinajstić information content (AvgIpc) is 2.56. The predicted molar refractivity (Wildman–Crippen MR) is 102 cm³/mol. The molecule has 25 heavy (non-hydrogen) atoms. The van der Waals surface area contributed by atoms with Gasteiger partial charge in [-0.25, -0.2) is 5.43 Å². The number of anilines is 1. The summed E-state index contributed by atoms with van der Waals surface area (Å²) in [5.41, 5.74) is 5.14. The van der Waals surface area contributed by atoms with Crippen LogP contribution in [0.5, 0.6) is 0 Å². The smallest absolute Gasteiger partial charge is 0.240 e. The van der Waals surface area contributed by atoms with Crippen LogP contribution in [0.15, 0.2) is 23.3 Å². The van der Waals surface area contributed by atoms with Gasteiger partial charge in [0, 0.05) is 29.3 Å². The molecule has 2 amide bonds. The number of nitrogens with zero attached hydrogens (tertiary/aromatic N) is 1. The first kappa shape index (κ1) is 19.4. The zero-order valence-corrected chi connectivity index (χ0v) is 15.5. The van der Waals surface area contributed by atoms with Crippen LogP contribution >= 0.6 is 11.6 Å². The SMILES string of the molecule is Cc1c(Cl)cccc1NC(=O)CCC(=O)NN=C1CCCCCCC1. The van der Waals surface area contributed by atoms with Crippen molar-refractivity contribution in [3.05, 3.63) is 28.8 Å². The van der Waals surface area contributed by atoms with E-state index in [0.717, 1.165) is 37.0 Å². The Kier molecular flexibility index (Phi) is 7.92. The molecular weight excluding hydrogens is 338 g/mol. The predicted octanol–water partition coefficient (Wildman–Crippen LogP) is 4.58. The van der Waals surface area contributed by atoms with Crippen LogP contribution in [0.4, 0.5) is 5.69 Å². The summed E-state index contributed by atoms with van der Waals surface area (Å²) in [7, 11) is 0. The molecule has 1 aliphatic carbocycles. The highest BCUT2D eigenvalue weighted by Crippen LogP contribution is 2.23. The Balaban J connectivity index is 1.75. The van der Waals surface area contributed by atoms with E-state index >= 15 is 0 Å². The number of hydrogen-bond donors (Lipinski definition) is 2. The lowest BCUT2D eigenvalue weighted by molar-refractivity contribution is -0.124. The van der Waals surface area contributed by atoms with Gasteiger partial charge in [0.2, 0.25) is 11.8 Å². The van der Waals surface area contributed by atoms with Crippen LogP contribution in [0.25, 0.3) is 0 Å². The van der Waals surface area contributed by atoms with Crippen molar-refractivity contribution < 1.29 is 9.59 Å². The zero-order valence-electron chi connectivity index (χ0n) is 14.7. The van der Waals surface area contributed by atoms with Crippen molar-refractivity contribution >= 4 is 34.8 Å². The van der Waals surface area contributed by atoms with E-state index in [4.69, 9.17) is 11.6 Å². The van der Waals surface area contributed by atoms with E-state index in [1.54, 1.807) is 18.2 Å². The van der Waals surface area contributed by atoms with Gasteiger partial charge in [-0.1, -0.05) is 36.9 Å². The Bertz CT molecular complexity index is 634. The molecule has 2 rings (SSSR count). The van der Waals surface area contributed by atoms with Crippen LogP contribution in [0.2, 0.25) is 5.02 Å². The Labute approximate surface area is 154 Å². The lowest BCUT2D eigenvalue weighted by atomic mass is 9.99. The molecule has 0 saturated heterocycles. The van der Waals surface area contributed by atoms with E-state index in [-0.39, 0.29) is 24.7 Å². The quantitative estimate of drug-likeness (QED) is 0.751. The minimum atomic E-state index is -0.229. The molecule has 6 heteroatoms. The fourth-order valence-electron chi connectivity index (χ4n) is 2.81. The van der Waals surface area contributed by atoms with E-state index in [1.807, 2.05) is 6.92 Å². The fraction of sp³-hybridized carbons (Fsp3) is 0.526. The van der Waals surface area contributed by atoms with Crippen molar-refractivity contribution in [2.75, 3.05) is 5.32 Å². The van der Waals surface area contributed by atoms with Gasteiger partial charge in [0.05, 0.1) is 0 Å². The van der Waals surface area contributed by atoms with Crippen molar-refractivity contribution in [2.24, 2.45) is 5.10 Å². The van der Waals surface area contributed by atoms with Crippen molar-refractivity contribution in [1.29, 1.82) is 0 Å². The van der Waals surface area contributed by atoms with Crippen LogP contribution in [-0.4, -0.2) is 17.5 Å². The van der Waals surface area contributed by atoms with Crippen molar-refractivity contribution in [3.63, 3.8) is 0 Å². The van der Waals surface area contributed by atoms with Crippen molar-refractivity contribution in [3.8, 4) is 0 Å². The van der Waals surface area contributed by atoms with Gasteiger partial charge in [-0.15, -0.1) is 0 Å². The van der Waals surface area contributed by atoms with Gasteiger partial charge in [-0.2, -0.15) is 5.10 Å². The Morgan fingerprint density at radius 3 is 2.40 bits per heavy atom. The largest absolute Gasteiger partial charge is 0.326 e. The maximum absolute atomic E-state index is 12.0. The molecule has 0 atom stereocenters. The summed E-state index contributed by atoms with van der Waals surface area (Å²) >= 11 is 6.03. The summed E-state index contributed by atoms with van der Waals surface area (Å²) in [4.78, 5) is 23.9. The molecule has 0 aromatic heterocycles. The highest BCUT2D eigenvalue weighted by atomic mass is 35.5. The molecule has 0 aliphatic heterocycles. The lowest BCUT2D eigenvalue weighted by Gasteiger charge is -2.11. The van der Waals surface area contributed by atoms with E-state index in [1.165, 1.54) is 19.3 Å². The summed E-state index contributed by atoms with van der Waals surface area (Å²) in [6.45, 7) is 1.84. The number of amides is 2. The third kappa shape index (κ3) is 6.86. The molecule has 0 spiro atoms. The molecule has 5 nitrogen and oxygen atoms in total. The zero-order chi connectivity index (χ0) is 18.1. The number of rotatable bonds is 5. The Morgan fingerprint density at radius 2 is 1.68 bits per heavy atom. The number of hydrogen-bond acceptors (Lipinski definition) is 3. The van der Waals surface area contributed by atoms with Gasteiger partial charge in [-0.05, 0) is 50.3 Å². The molecule has 1 saturated carbocycles. The second kappa shape index (κ2) is 10.2. The second-order valence-corrected chi connectivity index (χ2v) is 6.85. The van der Waals surface area contributed by atoms with E-state index < -0.39 is 0 Å². The van der Waals surface area contributed by atoms with E-state index in [9.17, 15) is 9.59 Å². The number of benzene rings is 1. The number of carbonyl (C=O) groups is 2. The molecule has 0 radical (unpaired) electrons. The van der Waals surface area contributed by atoms with Crippen LogP contribution in [0, 0.1) is 6.92 Å². The number of hydrazone groups is 1. The molecule has 1 aromatic carbocycles. The molecule has 1 fully saturated rings. The first-order chi connectivity index (χ1) is 12.1. The molecular formula is C19H26ClN3O2. The highest BCUT2D eigenvalue weighted by Gasteiger charge is 2.10. The van der Waals surface area contributed by atoms with Gasteiger partial charge >= 0.3 is 0 Å². The van der Waals surface area contributed by atoms with Gasteiger partial charge in [0.1, 0.15) is 0 Å². The van der Waals surface area contributed by atoms with Crippen LogP contribution in [0.3, 0.4) is 0 Å². The molecule has 136 valence electrons. The monoisotopic (exact) mass is 363 g/mol. The fourth-order valence-corrected chi connectivity index (χ4v) is 2.98. The lowest BCUT2D eigenvalue weighted by Crippen LogP contribution is -2.22. The minimum absolute atomic E-state index is 0.113. The number of nitrogens with one attached hydrogen (secondary N) is 2. The van der Waals surface area contributed by atoms with Gasteiger partial charge < -0.3 is 5.32 Å². The first-order valence-electron chi connectivity index (χ1n) is 8.95. The second-order valence-electron chi connectivity index (χ2n) is 6.44. The molecule has 0 bridgehead atoms. The molecule has 1 aromatic rings. The topological polar surface area (TPSA) is 70.6 Å². The number of carbonyl (C=O) groups excluding carboxylic acids is 2. The van der Waals surface area contributed by atoms with E-state index in [0.29, 0.717) is 10.7 Å². The summed E-state index contributed by atoms with van der Waals surface area (Å²) in [5, 5.41) is 7.63. The van der Waals surface area contributed by atoms with Crippen molar-refractivity contribution in [1.82, 2.24) is 5.43 Å². The third-order valence-electron chi connectivity index (χ3n) is 4.39. The van der Waals surface area contributed by atoms with Crippen LogP contribution in [-0.2, 0) is 9.59 Å². The Hall–Kier alpha value is -1.88. The minimum Gasteiger partial charge on any atom is -0.326 e. The van der Waals surface area contributed by atoms with E-state index in [2.05, 4.69) is 15.8 Å². The standard InChI is InChI=1S/C19H26ClN3O2/c1-14-16(20)10-7-11-17(14)21-18(24)12-13-19(25)23-22-15-8-5-3-2-4-6-9-15/h7,10-11H,2-6,8-9,12-13H2,1H3,(H,21,24)(H,23,25). The summed E-state index contributed by atoms with van der Waals surface area (Å²) < 4.78 is 0. The number of halogens is 1.